The van der Waals surface area contributed by atoms with Gasteiger partial charge in [-0.15, -0.1) is 10.2 Å². The van der Waals surface area contributed by atoms with Crippen LogP contribution >= 0.6 is 11.6 Å². The number of fused-ring (bicyclic) bond motifs is 1. The van der Waals surface area contributed by atoms with E-state index in [2.05, 4.69) is 10.2 Å². The van der Waals surface area contributed by atoms with Gasteiger partial charge in [0.2, 0.25) is 0 Å². The van der Waals surface area contributed by atoms with Gasteiger partial charge in [-0.1, -0.05) is 23.7 Å². The molecule has 0 N–H and O–H groups in total. The highest BCUT2D eigenvalue weighted by atomic mass is 35.5. The van der Waals surface area contributed by atoms with Gasteiger partial charge in [0.1, 0.15) is 6.61 Å². The molecule has 0 spiro atoms. The van der Waals surface area contributed by atoms with Crippen LogP contribution in [0.2, 0.25) is 5.02 Å². The third kappa shape index (κ3) is 2.40. The van der Waals surface area contributed by atoms with Crippen LogP contribution < -0.4 is 9.47 Å². The van der Waals surface area contributed by atoms with E-state index in [1.807, 2.05) is 30.3 Å². The van der Waals surface area contributed by atoms with Crippen LogP contribution in [0, 0.1) is 0 Å². The van der Waals surface area contributed by atoms with Gasteiger partial charge in [-0.3, -0.25) is 4.40 Å². The number of methoxy groups -OCH3 is 1. The fraction of sp³-hybridized carbons (Fsp3) is 0.143. The van der Waals surface area contributed by atoms with E-state index in [4.69, 9.17) is 21.1 Å². The van der Waals surface area contributed by atoms with Crippen LogP contribution in [-0.2, 0) is 6.61 Å². The fourth-order valence-corrected chi connectivity index (χ4v) is 2.05. The minimum absolute atomic E-state index is 0.280. The van der Waals surface area contributed by atoms with Crippen LogP contribution in [0.15, 0.2) is 42.6 Å². The molecular formula is C14H12ClN3O2. The minimum Gasteiger partial charge on any atom is -0.493 e. The topological polar surface area (TPSA) is 48.7 Å². The van der Waals surface area contributed by atoms with E-state index in [1.165, 1.54) is 0 Å². The molecule has 0 fully saturated rings. The van der Waals surface area contributed by atoms with Crippen LogP contribution in [0.25, 0.3) is 5.65 Å². The maximum atomic E-state index is 5.98. The molecule has 0 saturated carbocycles. The summed E-state index contributed by atoms with van der Waals surface area (Å²) in [5.74, 6) is 2.02. The van der Waals surface area contributed by atoms with Crippen molar-refractivity contribution >= 4 is 17.2 Å². The molecule has 2 aromatic heterocycles. The molecule has 0 aliphatic rings. The highest BCUT2D eigenvalue weighted by Gasteiger charge is 2.08. The smallest absolute Gasteiger partial charge is 0.175 e. The maximum absolute atomic E-state index is 5.98. The molecule has 0 unspecified atom stereocenters. The van der Waals surface area contributed by atoms with E-state index in [1.54, 1.807) is 23.8 Å². The van der Waals surface area contributed by atoms with E-state index in [0.29, 0.717) is 22.3 Å². The summed E-state index contributed by atoms with van der Waals surface area (Å²) >= 11 is 5.98. The van der Waals surface area contributed by atoms with Crippen molar-refractivity contribution in [3.8, 4) is 11.5 Å². The number of halogens is 1. The van der Waals surface area contributed by atoms with Crippen LogP contribution in [0.4, 0.5) is 0 Å². The lowest BCUT2D eigenvalue weighted by Gasteiger charge is -2.09. The van der Waals surface area contributed by atoms with Crippen LogP contribution in [-0.4, -0.2) is 21.7 Å². The van der Waals surface area contributed by atoms with Crippen molar-refractivity contribution in [2.24, 2.45) is 0 Å². The fourth-order valence-electron chi connectivity index (χ4n) is 1.89. The van der Waals surface area contributed by atoms with Gasteiger partial charge in [0.15, 0.2) is 23.0 Å². The normalized spacial score (nSPS) is 10.7. The van der Waals surface area contributed by atoms with Gasteiger partial charge in [0.05, 0.1) is 12.1 Å². The van der Waals surface area contributed by atoms with Crippen molar-refractivity contribution in [1.29, 1.82) is 0 Å². The van der Waals surface area contributed by atoms with Crippen molar-refractivity contribution in [1.82, 2.24) is 14.6 Å². The van der Waals surface area contributed by atoms with Crippen molar-refractivity contribution in [3.05, 3.63) is 53.4 Å². The van der Waals surface area contributed by atoms with Gasteiger partial charge < -0.3 is 9.47 Å². The van der Waals surface area contributed by atoms with E-state index < -0.39 is 0 Å². The summed E-state index contributed by atoms with van der Waals surface area (Å²) in [7, 11) is 1.61. The lowest BCUT2D eigenvalue weighted by atomic mass is 10.3. The summed E-state index contributed by atoms with van der Waals surface area (Å²) in [5, 5.41) is 8.77. The molecule has 3 rings (SSSR count). The second-order valence-corrected chi connectivity index (χ2v) is 4.57. The number of para-hydroxylation sites is 2. The van der Waals surface area contributed by atoms with Crippen molar-refractivity contribution in [2.45, 2.75) is 6.61 Å². The lowest BCUT2D eigenvalue weighted by molar-refractivity contribution is 0.275. The SMILES string of the molecule is COc1ccccc1OCc1nnc2ccc(Cl)cn12. The van der Waals surface area contributed by atoms with Gasteiger partial charge in [-0.05, 0) is 24.3 Å². The number of hydrogen-bond donors (Lipinski definition) is 0. The van der Waals surface area contributed by atoms with Gasteiger partial charge >= 0.3 is 0 Å². The van der Waals surface area contributed by atoms with Crippen LogP contribution in [0.3, 0.4) is 0 Å². The number of hydrogen-bond acceptors (Lipinski definition) is 4. The number of ether oxygens (including phenoxy) is 2. The zero-order valence-electron chi connectivity index (χ0n) is 10.8. The van der Waals surface area contributed by atoms with E-state index in [9.17, 15) is 0 Å². The molecule has 20 heavy (non-hydrogen) atoms. The molecule has 0 saturated heterocycles. The predicted molar refractivity (Wildman–Crippen MR) is 75.3 cm³/mol. The third-order valence-electron chi connectivity index (χ3n) is 2.86. The standard InChI is InChI=1S/C14H12ClN3O2/c1-19-11-4-2-3-5-12(11)20-9-14-17-16-13-7-6-10(15)8-18(13)14/h2-8H,9H2,1H3. The molecule has 5 nitrogen and oxygen atoms in total. The summed E-state index contributed by atoms with van der Waals surface area (Å²) in [6, 6.07) is 11.0. The highest BCUT2D eigenvalue weighted by Crippen LogP contribution is 2.26. The van der Waals surface area contributed by atoms with Gasteiger partial charge in [-0.25, -0.2) is 0 Å². The minimum atomic E-state index is 0.280. The van der Waals surface area contributed by atoms with E-state index in [-0.39, 0.29) is 6.61 Å². The molecule has 0 aliphatic carbocycles. The molecule has 3 aromatic rings. The molecule has 0 atom stereocenters. The molecule has 0 bridgehead atoms. The average molecular weight is 290 g/mol. The molecule has 102 valence electrons. The Bertz CT molecular complexity index is 742. The summed E-state index contributed by atoms with van der Waals surface area (Å²) in [4.78, 5) is 0. The quantitative estimate of drug-likeness (QED) is 0.741. The Kier molecular flexibility index (Phi) is 3.43. The molecule has 1 aromatic carbocycles. The first-order chi connectivity index (χ1) is 9.78. The Balaban J connectivity index is 1.85. The Morgan fingerprint density at radius 1 is 1.10 bits per heavy atom. The zero-order valence-corrected chi connectivity index (χ0v) is 11.5. The summed E-state index contributed by atoms with van der Waals surface area (Å²) < 4.78 is 12.8. The second-order valence-electron chi connectivity index (χ2n) is 4.13. The molecule has 2 heterocycles. The third-order valence-corrected chi connectivity index (χ3v) is 3.09. The number of aromatic nitrogens is 3. The Morgan fingerprint density at radius 2 is 1.90 bits per heavy atom. The van der Waals surface area contributed by atoms with Crippen molar-refractivity contribution < 1.29 is 9.47 Å². The van der Waals surface area contributed by atoms with Gasteiger partial charge in [-0.2, -0.15) is 0 Å². The molecular weight excluding hydrogens is 278 g/mol. The number of nitrogens with zero attached hydrogens (tertiary/aromatic N) is 3. The van der Waals surface area contributed by atoms with Crippen molar-refractivity contribution in [2.75, 3.05) is 7.11 Å². The molecule has 0 radical (unpaired) electrons. The zero-order chi connectivity index (χ0) is 13.9. The average Bonchev–Trinajstić information content (AvgIpc) is 2.87. The Labute approximate surface area is 120 Å². The Morgan fingerprint density at radius 3 is 2.70 bits per heavy atom. The highest BCUT2D eigenvalue weighted by molar-refractivity contribution is 6.30. The lowest BCUT2D eigenvalue weighted by Crippen LogP contribution is -2.02. The number of rotatable bonds is 4. The molecule has 0 amide bonds. The summed E-state index contributed by atoms with van der Waals surface area (Å²) in [6.45, 7) is 0.280. The van der Waals surface area contributed by atoms with Crippen LogP contribution in [0.5, 0.6) is 11.5 Å². The number of pyridine rings is 1. The molecule has 6 heteroatoms. The predicted octanol–water partition coefficient (Wildman–Crippen LogP) is 2.97. The Hall–Kier alpha value is -2.27. The van der Waals surface area contributed by atoms with Crippen molar-refractivity contribution in [3.63, 3.8) is 0 Å². The van der Waals surface area contributed by atoms with Gasteiger partial charge in [0, 0.05) is 6.20 Å². The summed E-state index contributed by atoms with van der Waals surface area (Å²) in [6.07, 6.45) is 1.76. The number of benzene rings is 1. The van der Waals surface area contributed by atoms with Crippen LogP contribution in [0.1, 0.15) is 5.82 Å². The summed E-state index contributed by atoms with van der Waals surface area (Å²) in [5.41, 5.74) is 0.730. The first-order valence-electron chi connectivity index (χ1n) is 6.03. The first kappa shape index (κ1) is 12.7. The second kappa shape index (κ2) is 5.38. The van der Waals surface area contributed by atoms with E-state index >= 15 is 0 Å². The monoisotopic (exact) mass is 289 g/mol. The first-order valence-corrected chi connectivity index (χ1v) is 6.41. The van der Waals surface area contributed by atoms with E-state index in [0.717, 1.165) is 5.65 Å². The molecule has 0 aliphatic heterocycles. The maximum Gasteiger partial charge on any atom is 0.175 e. The largest absolute Gasteiger partial charge is 0.493 e. The van der Waals surface area contributed by atoms with Gasteiger partial charge in [0.25, 0.3) is 0 Å².